The largest absolute Gasteiger partial charge is 0.346 e. The first-order valence-corrected chi connectivity index (χ1v) is 6.94. The Morgan fingerprint density at radius 3 is 2.57 bits per heavy atom. The van der Waals surface area contributed by atoms with Gasteiger partial charge in [0.25, 0.3) is 0 Å². The van der Waals surface area contributed by atoms with Gasteiger partial charge < -0.3 is 16.0 Å². The molecule has 0 radical (unpaired) electrons. The maximum Gasteiger partial charge on any atom is 0.249 e. The Labute approximate surface area is 123 Å². The van der Waals surface area contributed by atoms with Gasteiger partial charge in [-0.1, -0.05) is 20.8 Å². The number of hydrogen-bond acceptors (Lipinski definition) is 5. The minimum Gasteiger partial charge on any atom is -0.346 e. The van der Waals surface area contributed by atoms with Crippen LogP contribution in [0.5, 0.6) is 0 Å². The molecule has 1 heterocycles. The Morgan fingerprint density at radius 2 is 2.05 bits per heavy atom. The third-order valence-electron chi connectivity index (χ3n) is 3.40. The summed E-state index contributed by atoms with van der Waals surface area (Å²) in [5, 5.41) is 4.62. The van der Waals surface area contributed by atoms with Gasteiger partial charge in [-0.2, -0.15) is 0 Å². The first kappa shape index (κ1) is 17.1. The second-order valence-corrected chi connectivity index (χ2v) is 5.35. The van der Waals surface area contributed by atoms with Gasteiger partial charge in [-0.15, -0.1) is 0 Å². The smallest absolute Gasteiger partial charge is 0.249 e. The molecule has 1 aliphatic rings. The Hall–Kier alpha value is -1.96. The summed E-state index contributed by atoms with van der Waals surface area (Å²) in [4.78, 5) is 48.0. The molecular weight excluding hydrogens is 276 g/mol. The van der Waals surface area contributed by atoms with E-state index in [0.717, 1.165) is 0 Å². The molecule has 8 heteroatoms. The number of rotatable bonds is 5. The second-order valence-electron chi connectivity index (χ2n) is 5.35. The first-order chi connectivity index (χ1) is 9.77. The molecule has 8 nitrogen and oxygen atoms in total. The monoisotopic (exact) mass is 298 g/mol. The molecular formula is C13H22N4O4. The number of hydrogen-bond donors (Lipinski definition) is 3. The number of nitrogens with zero attached hydrogens (tertiary/aromatic N) is 1. The molecule has 1 aliphatic heterocycles. The van der Waals surface area contributed by atoms with E-state index in [2.05, 4.69) is 10.6 Å². The molecule has 4 N–H and O–H groups in total. The highest BCUT2D eigenvalue weighted by molar-refractivity contribution is 6.04. The van der Waals surface area contributed by atoms with Crippen molar-refractivity contribution in [1.82, 2.24) is 15.5 Å². The van der Waals surface area contributed by atoms with E-state index in [9.17, 15) is 19.2 Å². The van der Waals surface area contributed by atoms with E-state index < -0.39 is 35.7 Å². The molecule has 0 aliphatic carbocycles. The van der Waals surface area contributed by atoms with Gasteiger partial charge in [-0.25, -0.2) is 0 Å². The Bertz CT molecular complexity index is 449. The fourth-order valence-corrected chi connectivity index (χ4v) is 2.02. The summed E-state index contributed by atoms with van der Waals surface area (Å²) < 4.78 is 0. The molecule has 1 unspecified atom stereocenters. The molecule has 0 aromatic carbocycles. The molecule has 21 heavy (non-hydrogen) atoms. The number of amides is 4. The first-order valence-electron chi connectivity index (χ1n) is 6.94. The Kier molecular flexibility index (Phi) is 5.83. The van der Waals surface area contributed by atoms with Gasteiger partial charge in [-0.05, 0) is 12.3 Å². The molecule has 1 saturated heterocycles. The van der Waals surface area contributed by atoms with Crippen LogP contribution in [-0.2, 0) is 19.2 Å². The molecule has 0 bridgehead atoms. The van der Waals surface area contributed by atoms with Gasteiger partial charge in [0.2, 0.25) is 23.6 Å². The van der Waals surface area contributed by atoms with Crippen LogP contribution in [0.2, 0.25) is 0 Å². The molecule has 1 fully saturated rings. The molecule has 0 spiro atoms. The van der Waals surface area contributed by atoms with E-state index in [0.29, 0.717) is 6.42 Å². The van der Waals surface area contributed by atoms with E-state index >= 15 is 0 Å². The standard InChI is InChI=1S/C13H22N4O4/c1-4-8-12(20)16-9(18)6-17(8)10(19)5-15-13(21)11(14)7(2)3/h7-8,11H,4-6,14H2,1-3H3,(H,15,21)(H,16,18,20)/t8?,11-/m0/s1. The van der Waals surface area contributed by atoms with Crippen molar-refractivity contribution >= 4 is 23.6 Å². The minimum atomic E-state index is -0.703. The van der Waals surface area contributed by atoms with Crippen molar-refractivity contribution < 1.29 is 19.2 Å². The summed E-state index contributed by atoms with van der Waals surface area (Å²) in [6.07, 6.45) is 0.393. The number of imide groups is 1. The normalized spacial score (nSPS) is 20.2. The van der Waals surface area contributed by atoms with E-state index in [1.807, 2.05) is 0 Å². The summed E-state index contributed by atoms with van der Waals surface area (Å²) in [7, 11) is 0. The molecule has 4 amide bonds. The van der Waals surface area contributed by atoms with Crippen molar-refractivity contribution in [2.45, 2.75) is 39.3 Å². The average Bonchev–Trinajstić information content (AvgIpc) is 2.42. The fourth-order valence-electron chi connectivity index (χ4n) is 2.02. The van der Waals surface area contributed by atoms with E-state index in [-0.39, 0.29) is 19.0 Å². The van der Waals surface area contributed by atoms with Gasteiger partial charge in [-0.3, -0.25) is 24.5 Å². The van der Waals surface area contributed by atoms with E-state index in [1.165, 1.54) is 4.90 Å². The van der Waals surface area contributed by atoms with Crippen LogP contribution >= 0.6 is 0 Å². The lowest BCUT2D eigenvalue weighted by molar-refractivity contribution is -0.149. The minimum absolute atomic E-state index is 0.0502. The van der Waals surface area contributed by atoms with Crippen LogP contribution in [0.25, 0.3) is 0 Å². The SMILES string of the molecule is CCC1C(=O)NC(=O)CN1C(=O)CNC(=O)[C@@H](N)C(C)C. The van der Waals surface area contributed by atoms with Crippen LogP contribution in [0.4, 0.5) is 0 Å². The van der Waals surface area contributed by atoms with Crippen molar-refractivity contribution in [2.75, 3.05) is 13.1 Å². The zero-order chi connectivity index (χ0) is 16.2. The van der Waals surface area contributed by atoms with Crippen LogP contribution in [0.1, 0.15) is 27.2 Å². The molecule has 1 rings (SSSR count). The van der Waals surface area contributed by atoms with Gasteiger partial charge in [0.15, 0.2) is 0 Å². The highest BCUT2D eigenvalue weighted by atomic mass is 16.2. The highest BCUT2D eigenvalue weighted by Gasteiger charge is 2.35. The molecule has 2 atom stereocenters. The third kappa shape index (κ3) is 4.25. The highest BCUT2D eigenvalue weighted by Crippen LogP contribution is 2.09. The quantitative estimate of drug-likeness (QED) is 0.525. The number of carbonyl (C=O) groups excluding carboxylic acids is 4. The summed E-state index contributed by atoms with van der Waals surface area (Å²) >= 11 is 0. The predicted molar refractivity (Wildman–Crippen MR) is 74.8 cm³/mol. The van der Waals surface area contributed by atoms with Crippen molar-refractivity contribution in [3.05, 3.63) is 0 Å². The lowest BCUT2D eigenvalue weighted by Gasteiger charge is -2.33. The van der Waals surface area contributed by atoms with E-state index in [1.54, 1.807) is 20.8 Å². The topological polar surface area (TPSA) is 122 Å². The number of nitrogens with one attached hydrogen (secondary N) is 2. The zero-order valence-corrected chi connectivity index (χ0v) is 12.5. The molecule has 0 aromatic rings. The van der Waals surface area contributed by atoms with Crippen LogP contribution < -0.4 is 16.4 Å². The molecule has 118 valence electrons. The van der Waals surface area contributed by atoms with E-state index in [4.69, 9.17) is 5.73 Å². The molecule has 0 aromatic heterocycles. The predicted octanol–water partition coefficient (Wildman–Crippen LogP) is -1.65. The van der Waals surface area contributed by atoms with Gasteiger partial charge in [0.05, 0.1) is 12.6 Å². The maximum atomic E-state index is 12.1. The van der Waals surface area contributed by atoms with Crippen LogP contribution in [0.3, 0.4) is 0 Å². The lowest BCUT2D eigenvalue weighted by atomic mass is 10.1. The lowest BCUT2D eigenvalue weighted by Crippen LogP contribution is -2.61. The summed E-state index contributed by atoms with van der Waals surface area (Å²) in [5.41, 5.74) is 5.67. The summed E-state index contributed by atoms with van der Waals surface area (Å²) in [6.45, 7) is 4.87. The Balaban J connectivity index is 2.63. The summed E-state index contributed by atoms with van der Waals surface area (Å²) in [5.74, 6) is -1.98. The average molecular weight is 298 g/mol. The summed E-state index contributed by atoms with van der Waals surface area (Å²) in [6, 6.07) is -1.39. The zero-order valence-electron chi connectivity index (χ0n) is 12.5. The van der Waals surface area contributed by atoms with Crippen LogP contribution in [0, 0.1) is 5.92 Å². The Morgan fingerprint density at radius 1 is 1.43 bits per heavy atom. The van der Waals surface area contributed by atoms with Crippen molar-refractivity contribution in [2.24, 2.45) is 11.7 Å². The van der Waals surface area contributed by atoms with Crippen LogP contribution in [0.15, 0.2) is 0 Å². The maximum absolute atomic E-state index is 12.1. The number of nitrogens with two attached hydrogens (primary N) is 1. The fraction of sp³-hybridized carbons (Fsp3) is 0.692. The van der Waals surface area contributed by atoms with Crippen molar-refractivity contribution in [3.8, 4) is 0 Å². The van der Waals surface area contributed by atoms with Crippen molar-refractivity contribution in [1.29, 1.82) is 0 Å². The van der Waals surface area contributed by atoms with Gasteiger partial charge in [0, 0.05) is 0 Å². The molecule has 0 saturated carbocycles. The van der Waals surface area contributed by atoms with Crippen LogP contribution in [-0.4, -0.2) is 53.7 Å². The van der Waals surface area contributed by atoms with Crippen molar-refractivity contribution in [3.63, 3.8) is 0 Å². The third-order valence-corrected chi connectivity index (χ3v) is 3.40. The number of carbonyl (C=O) groups is 4. The second kappa shape index (κ2) is 7.16. The van der Waals surface area contributed by atoms with Gasteiger partial charge in [0.1, 0.15) is 12.6 Å². The number of piperazine rings is 1. The van der Waals surface area contributed by atoms with Gasteiger partial charge >= 0.3 is 0 Å².